The van der Waals surface area contributed by atoms with Crippen LogP contribution in [0.5, 0.6) is 0 Å². The molecule has 0 spiro atoms. The van der Waals surface area contributed by atoms with E-state index in [0.29, 0.717) is 5.56 Å². The van der Waals surface area contributed by atoms with E-state index < -0.39 is 7.81 Å². The van der Waals surface area contributed by atoms with Gasteiger partial charge < -0.3 is 0 Å². The summed E-state index contributed by atoms with van der Waals surface area (Å²) in [5.41, 5.74) is 3.05. The van der Waals surface area contributed by atoms with Crippen molar-refractivity contribution in [2.24, 2.45) is 0 Å². The molecule has 0 saturated carbocycles. The number of carbonyl (C=O) groups is 1. The van der Waals surface area contributed by atoms with Crippen LogP contribution < -0.4 is 0 Å². The van der Waals surface area contributed by atoms with E-state index in [2.05, 4.69) is 48.0 Å². The van der Waals surface area contributed by atoms with Crippen LogP contribution in [-0.2, 0) is 0 Å². The third kappa shape index (κ3) is 6.90. The SMILES string of the molecule is CC1=[N+](C)[C@H](c2ccccc2)[C@@H](c2ccccc2)N1C(=O)c1ccccc1.F[P-](F)(F)(F)(F)F. The Balaban J connectivity index is 0.000000406. The average molecular weight is 500 g/mol. The van der Waals surface area contributed by atoms with Crippen LogP contribution in [0.1, 0.15) is 40.5 Å². The van der Waals surface area contributed by atoms with Crippen LogP contribution in [0.25, 0.3) is 0 Å². The number of amides is 1. The number of benzene rings is 3. The van der Waals surface area contributed by atoms with E-state index in [4.69, 9.17) is 0 Å². The molecule has 0 bridgehead atoms. The predicted octanol–water partition coefficient (Wildman–Crippen LogP) is 8.07. The Morgan fingerprint density at radius 1 is 0.735 bits per heavy atom. The molecule has 1 amide bonds. The summed E-state index contributed by atoms with van der Waals surface area (Å²) in [7, 11) is -8.59. The molecule has 0 aliphatic carbocycles. The Kier molecular flexibility index (Phi) is 6.39. The summed E-state index contributed by atoms with van der Waals surface area (Å²) in [4.78, 5) is 15.4. The minimum atomic E-state index is -10.7. The van der Waals surface area contributed by atoms with Crippen molar-refractivity contribution in [1.82, 2.24) is 4.90 Å². The molecule has 1 aliphatic heterocycles. The maximum atomic E-state index is 13.4. The predicted molar refractivity (Wildman–Crippen MR) is 121 cm³/mol. The van der Waals surface area contributed by atoms with Gasteiger partial charge in [-0.25, -0.2) is 4.79 Å². The molecule has 1 aliphatic rings. The summed E-state index contributed by atoms with van der Waals surface area (Å²) in [6.45, 7) is 2.03. The second-order valence-corrected chi connectivity index (χ2v) is 9.79. The molecule has 0 radical (unpaired) electrons. The van der Waals surface area contributed by atoms with Crippen LogP contribution in [0, 0.1) is 0 Å². The van der Waals surface area contributed by atoms with Gasteiger partial charge in [0.1, 0.15) is 0 Å². The molecule has 3 aromatic rings. The zero-order valence-corrected chi connectivity index (χ0v) is 19.2. The van der Waals surface area contributed by atoms with Gasteiger partial charge in [-0.05, 0) is 12.1 Å². The van der Waals surface area contributed by atoms with Crippen molar-refractivity contribution in [3.05, 3.63) is 108 Å². The molecule has 0 N–H and O–H groups in total. The summed E-state index contributed by atoms with van der Waals surface area (Å²) < 4.78 is 61.4. The molecule has 2 atom stereocenters. The number of rotatable bonds is 3. The fraction of sp³-hybridized carbons (Fsp3) is 0.167. The summed E-state index contributed by atoms with van der Waals surface area (Å²) in [6.07, 6.45) is 0. The summed E-state index contributed by atoms with van der Waals surface area (Å²) in [6, 6.07) is 30.2. The standard InChI is InChI=1S/C24H23N2O.F6P/c1-18-25(2)22(19-12-6-3-7-13-19)23(20-14-8-4-9-15-20)26(18)24(27)21-16-10-5-11-17-21;1-7(2,3,4,5)6/h3-17,22-23H,1-2H3;/q+1;-1/t22-,23-;/m1./s1. The second-order valence-electron chi connectivity index (χ2n) is 7.87. The molecular formula is C24H23F6N2OP. The zero-order valence-electron chi connectivity index (χ0n) is 18.3. The number of likely N-dealkylation sites (N-methyl/N-ethyl adjacent to an activating group) is 1. The van der Waals surface area contributed by atoms with Gasteiger partial charge in [-0.1, -0.05) is 78.9 Å². The molecule has 3 aromatic carbocycles. The molecule has 182 valence electrons. The second kappa shape index (κ2) is 8.55. The van der Waals surface area contributed by atoms with Gasteiger partial charge in [0.05, 0.1) is 12.6 Å². The Morgan fingerprint density at radius 3 is 1.56 bits per heavy atom. The Bertz CT molecular complexity index is 1170. The quantitative estimate of drug-likeness (QED) is 0.203. The van der Waals surface area contributed by atoms with Gasteiger partial charge in [-0.3, -0.25) is 4.58 Å². The summed E-state index contributed by atoms with van der Waals surface area (Å²) in [5.74, 6) is 0.999. The minimum absolute atomic E-state index is 0.0345. The number of halogens is 6. The number of carbonyl (C=O) groups excluding carboxylic acids is 1. The van der Waals surface area contributed by atoms with Gasteiger partial charge in [0.25, 0.3) is 5.84 Å². The first-order chi connectivity index (χ1) is 15.6. The number of hydrogen-bond acceptors (Lipinski definition) is 1. The molecular weight excluding hydrogens is 477 g/mol. The van der Waals surface area contributed by atoms with Crippen LogP contribution in [0.4, 0.5) is 25.2 Å². The van der Waals surface area contributed by atoms with E-state index in [1.165, 1.54) is 5.56 Å². The van der Waals surface area contributed by atoms with E-state index in [9.17, 15) is 30.0 Å². The zero-order chi connectivity index (χ0) is 25.2. The van der Waals surface area contributed by atoms with E-state index in [1.807, 2.05) is 66.4 Å². The fourth-order valence-corrected chi connectivity index (χ4v) is 3.96. The van der Waals surface area contributed by atoms with E-state index in [1.54, 1.807) is 0 Å². The summed E-state index contributed by atoms with van der Waals surface area (Å²) >= 11 is 0. The van der Waals surface area contributed by atoms with Crippen LogP contribution in [0.2, 0.25) is 0 Å². The Hall–Kier alpha value is -3.19. The van der Waals surface area contributed by atoms with Crippen molar-refractivity contribution in [2.45, 2.75) is 19.0 Å². The van der Waals surface area contributed by atoms with Crippen LogP contribution in [0.3, 0.4) is 0 Å². The van der Waals surface area contributed by atoms with Crippen molar-refractivity contribution in [3.63, 3.8) is 0 Å². The Morgan fingerprint density at radius 2 is 1.12 bits per heavy atom. The Labute approximate surface area is 193 Å². The first-order valence-corrected chi connectivity index (χ1v) is 12.3. The molecule has 3 nitrogen and oxygen atoms in total. The molecule has 4 rings (SSSR count). The van der Waals surface area contributed by atoms with E-state index >= 15 is 0 Å². The van der Waals surface area contributed by atoms with Gasteiger partial charge in [0.15, 0.2) is 12.1 Å². The number of amidine groups is 1. The molecule has 34 heavy (non-hydrogen) atoms. The van der Waals surface area contributed by atoms with Crippen LogP contribution in [-0.4, -0.2) is 28.3 Å². The third-order valence-electron chi connectivity index (χ3n) is 5.38. The van der Waals surface area contributed by atoms with Crippen molar-refractivity contribution in [2.75, 3.05) is 7.05 Å². The number of nitrogens with zero attached hydrogens (tertiary/aromatic N) is 2. The summed E-state index contributed by atoms with van der Waals surface area (Å²) in [5, 5.41) is 0. The number of hydrogen-bond donors (Lipinski definition) is 0. The van der Waals surface area contributed by atoms with Crippen molar-refractivity contribution in [3.8, 4) is 0 Å². The monoisotopic (exact) mass is 500 g/mol. The van der Waals surface area contributed by atoms with Crippen LogP contribution >= 0.6 is 7.81 Å². The van der Waals surface area contributed by atoms with Gasteiger partial charge in [0, 0.05) is 18.1 Å². The van der Waals surface area contributed by atoms with Gasteiger partial charge in [0.2, 0.25) is 0 Å². The van der Waals surface area contributed by atoms with Gasteiger partial charge in [-0.2, -0.15) is 4.90 Å². The molecule has 10 heteroatoms. The molecule has 0 saturated heterocycles. The van der Waals surface area contributed by atoms with Crippen molar-refractivity contribution >= 4 is 19.6 Å². The average Bonchev–Trinajstić information content (AvgIpc) is 3.03. The van der Waals surface area contributed by atoms with Crippen LogP contribution in [0.15, 0.2) is 91.0 Å². The topological polar surface area (TPSA) is 23.3 Å². The fourth-order valence-electron chi connectivity index (χ4n) is 3.96. The van der Waals surface area contributed by atoms with Crippen molar-refractivity contribution < 1.29 is 34.6 Å². The van der Waals surface area contributed by atoms with Gasteiger partial charge >= 0.3 is 38.9 Å². The van der Waals surface area contributed by atoms with E-state index in [0.717, 1.165) is 11.4 Å². The molecule has 0 fully saturated rings. The normalized spacial score (nSPS) is 20.2. The molecule has 0 aromatic heterocycles. The molecule has 0 unspecified atom stereocenters. The van der Waals surface area contributed by atoms with E-state index in [-0.39, 0.29) is 18.0 Å². The van der Waals surface area contributed by atoms with Gasteiger partial charge in [-0.15, -0.1) is 0 Å². The van der Waals surface area contributed by atoms with Crippen molar-refractivity contribution in [1.29, 1.82) is 0 Å². The maximum absolute atomic E-state index is 13.4. The third-order valence-corrected chi connectivity index (χ3v) is 5.38. The first kappa shape index (κ1) is 25.4. The first-order valence-electron chi connectivity index (χ1n) is 10.2. The molecule has 1 heterocycles.